The van der Waals surface area contributed by atoms with E-state index in [9.17, 15) is 14.4 Å². The number of imidazole rings is 1. The molecule has 2 aromatic carbocycles. The summed E-state index contributed by atoms with van der Waals surface area (Å²) in [6.45, 7) is 1.68. The van der Waals surface area contributed by atoms with E-state index < -0.39 is 0 Å². The molecule has 30 heavy (non-hydrogen) atoms. The molecular weight excluding hydrogens is 382 g/mol. The van der Waals surface area contributed by atoms with Crippen LogP contribution in [0.3, 0.4) is 0 Å². The van der Waals surface area contributed by atoms with Crippen molar-refractivity contribution in [3.05, 3.63) is 76.5 Å². The highest BCUT2D eigenvalue weighted by molar-refractivity contribution is 5.98. The number of carbonyl (C=O) groups excluding carboxylic acids is 2. The molecule has 8 nitrogen and oxygen atoms in total. The largest absolute Gasteiger partial charge is 0.345 e. The van der Waals surface area contributed by atoms with Crippen LogP contribution in [0, 0.1) is 0 Å². The summed E-state index contributed by atoms with van der Waals surface area (Å²) >= 11 is 0. The average molecular weight is 401 g/mol. The molecule has 2 aromatic heterocycles. The molecule has 150 valence electrons. The lowest BCUT2D eigenvalue weighted by Crippen LogP contribution is -2.50. The van der Waals surface area contributed by atoms with Crippen molar-refractivity contribution in [2.45, 2.75) is 0 Å². The first-order valence-electron chi connectivity index (χ1n) is 9.74. The normalized spacial score (nSPS) is 14.4. The maximum absolute atomic E-state index is 12.9. The van der Waals surface area contributed by atoms with E-state index in [-0.39, 0.29) is 23.1 Å². The molecule has 0 atom stereocenters. The van der Waals surface area contributed by atoms with Gasteiger partial charge in [-0.15, -0.1) is 0 Å². The summed E-state index contributed by atoms with van der Waals surface area (Å²) in [4.78, 5) is 51.3. The van der Waals surface area contributed by atoms with Gasteiger partial charge in [0.1, 0.15) is 5.69 Å². The van der Waals surface area contributed by atoms with Gasteiger partial charge in [0.2, 0.25) is 0 Å². The van der Waals surface area contributed by atoms with Crippen LogP contribution in [-0.4, -0.2) is 62.7 Å². The average Bonchev–Trinajstić information content (AvgIpc) is 3.26. The molecule has 3 heterocycles. The lowest BCUT2D eigenvalue weighted by atomic mass is 10.1. The van der Waals surface area contributed by atoms with E-state index in [2.05, 4.69) is 15.0 Å². The van der Waals surface area contributed by atoms with Crippen molar-refractivity contribution in [1.82, 2.24) is 24.8 Å². The summed E-state index contributed by atoms with van der Waals surface area (Å²) in [5.41, 5.74) is 2.20. The Morgan fingerprint density at radius 3 is 2.43 bits per heavy atom. The number of carbonyl (C=O) groups is 2. The maximum Gasteiger partial charge on any atom is 0.270 e. The SMILES string of the molecule is O=C(c1ccc2nc[nH]c2c1)N1CCN(C(=O)c2cc3ccccc3c(=O)[nH]2)CC1. The van der Waals surface area contributed by atoms with Crippen LogP contribution in [0.2, 0.25) is 0 Å². The minimum Gasteiger partial charge on any atom is -0.345 e. The number of rotatable bonds is 2. The van der Waals surface area contributed by atoms with Crippen LogP contribution >= 0.6 is 0 Å². The first-order valence-corrected chi connectivity index (χ1v) is 9.74. The highest BCUT2D eigenvalue weighted by Crippen LogP contribution is 2.16. The second-order valence-electron chi connectivity index (χ2n) is 7.32. The predicted molar refractivity (Wildman–Crippen MR) is 112 cm³/mol. The van der Waals surface area contributed by atoms with Crippen LogP contribution in [0.15, 0.2) is 59.7 Å². The van der Waals surface area contributed by atoms with E-state index in [0.29, 0.717) is 37.1 Å². The summed E-state index contributed by atoms with van der Waals surface area (Å²) in [6.07, 6.45) is 1.60. The molecule has 0 saturated carbocycles. The lowest BCUT2D eigenvalue weighted by Gasteiger charge is -2.34. The fourth-order valence-electron chi connectivity index (χ4n) is 3.86. The van der Waals surface area contributed by atoms with E-state index in [1.54, 1.807) is 46.5 Å². The number of aromatic amines is 2. The molecule has 1 aliphatic heterocycles. The van der Waals surface area contributed by atoms with E-state index in [4.69, 9.17) is 0 Å². The number of hydrogen-bond donors (Lipinski definition) is 2. The molecule has 1 saturated heterocycles. The van der Waals surface area contributed by atoms with E-state index >= 15 is 0 Å². The highest BCUT2D eigenvalue weighted by atomic mass is 16.2. The standard InChI is InChI=1S/C22H19N5O3/c28-20-16-4-2-1-3-14(16)11-19(25-20)22(30)27-9-7-26(8-10-27)21(29)15-5-6-17-18(12-15)24-13-23-17/h1-6,11-13H,7-10H2,(H,23,24)(H,25,28). The Morgan fingerprint density at radius 2 is 1.63 bits per heavy atom. The van der Waals surface area contributed by atoms with E-state index in [0.717, 1.165) is 16.4 Å². The van der Waals surface area contributed by atoms with Crippen molar-refractivity contribution in [3.8, 4) is 0 Å². The zero-order valence-electron chi connectivity index (χ0n) is 16.1. The molecule has 0 aliphatic carbocycles. The number of nitrogens with zero attached hydrogens (tertiary/aromatic N) is 3. The van der Waals surface area contributed by atoms with Gasteiger partial charge in [-0.25, -0.2) is 4.98 Å². The third kappa shape index (κ3) is 3.12. The smallest absolute Gasteiger partial charge is 0.270 e. The molecule has 4 aromatic rings. The topological polar surface area (TPSA) is 102 Å². The van der Waals surface area contributed by atoms with Crippen LogP contribution in [-0.2, 0) is 0 Å². The zero-order valence-corrected chi connectivity index (χ0v) is 16.1. The van der Waals surface area contributed by atoms with Gasteiger partial charge in [-0.05, 0) is 35.7 Å². The maximum atomic E-state index is 12.9. The Balaban J connectivity index is 1.30. The van der Waals surface area contributed by atoms with Crippen molar-refractivity contribution in [2.24, 2.45) is 0 Å². The van der Waals surface area contributed by atoms with Gasteiger partial charge in [0, 0.05) is 37.1 Å². The van der Waals surface area contributed by atoms with Crippen molar-refractivity contribution in [3.63, 3.8) is 0 Å². The lowest BCUT2D eigenvalue weighted by molar-refractivity contribution is 0.0532. The number of pyridine rings is 1. The Labute approximate surface area is 171 Å². The first kappa shape index (κ1) is 18.1. The number of benzene rings is 2. The summed E-state index contributed by atoms with van der Waals surface area (Å²) in [5, 5.41) is 1.28. The number of hydrogen-bond acceptors (Lipinski definition) is 4. The Bertz CT molecular complexity index is 1330. The molecule has 0 unspecified atom stereocenters. The van der Waals surface area contributed by atoms with Crippen LogP contribution in [0.5, 0.6) is 0 Å². The summed E-state index contributed by atoms with van der Waals surface area (Å²) in [7, 11) is 0. The molecule has 2 N–H and O–H groups in total. The number of nitrogens with one attached hydrogen (secondary N) is 2. The minimum atomic E-state index is -0.278. The van der Waals surface area contributed by atoms with Gasteiger partial charge >= 0.3 is 0 Å². The van der Waals surface area contributed by atoms with Crippen molar-refractivity contribution < 1.29 is 9.59 Å². The molecular formula is C22H19N5O3. The Morgan fingerprint density at radius 1 is 0.900 bits per heavy atom. The van der Waals surface area contributed by atoms with Crippen LogP contribution in [0.25, 0.3) is 21.8 Å². The van der Waals surface area contributed by atoms with E-state index in [1.165, 1.54) is 0 Å². The second kappa shape index (κ2) is 7.14. The van der Waals surface area contributed by atoms with Crippen LogP contribution in [0.1, 0.15) is 20.8 Å². The van der Waals surface area contributed by atoms with Crippen LogP contribution in [0.4, 0.5) is 0 Å². The van der Waals surface area contributed by atoms with Crippen molar-refractivity contribution in [2.75, 3.05) is 26.2 Å². The highest BCUT2D eigenvalue weighted by Gasteiger charge is 2.26. The van der Waals surface area contributed by atoms with Gasteiger partial charge in [0.25, 0.3) is 17.4 Å². The van der Waals surface area contributed by atoms with E-state index in [1.807, 2.05) is 18.2 Å². The molecule has 8 heteroatoms. The Kier molecular flexibility index (Phi) is 4.31. The van der Waals surface area contributed by atoms with Crippen molar-refractivity contribution >= 4 is 33.6 Å². The first-order chi connectivity index (χ1) is 14.6. The summed E-state index contributed by atoms with van der Waals surface area (Å²) < 4.78 is 0. The monoisotopic (exact) mass is 401 g/mol. The molecule has 0 spiro atoms. The van der Waals surface area contributed by atoms with Gasteiger partial charge in [0.15, 0.2) is 0 Å². The zero-order chi connectivity index (χ0) is 20.7. The summed E-state index contributed by atoms with van der Waals surface area (Å²) in [6, 6.07) is 14.2. The third-order valence-corrected chi connectivity index (χ3v) is 5.51. The molecule has 2 amide bonds. The van der Waals surface area contributed by atoms with Gasteiger partial charge in [-0.3, -0.25) is 14.4 Å². The quantitative estimate of drug-likeness (QED) is 0.536. The number of amides is 2. The predicted octanol–water partition coefficient (Wildman–Crippen LogP) is 2.00. The molecule has 0 radical (unpaired) electrons. The Hall–Kier alpha value is -3.94. The number of piperazine rings is 1. The molecule has 5 rings (SSSR count). The van der Waals surface area contributed by atoms with Crippen LogP contribution < -0.4 is 5.56 Å². The number of aromatic nitrogens is 3. The van der Waals surface area contributed by atoms with Gasteiger partial charge in [-0.1, -0.05) is 18.2 Å². The fourth-order valence-corrected chi connectivity index (χ4v) is 3.86. The summed E-state index contributed by atoms with van der Waals surface area (Å²) in [5.74, 6) is -0.304. The molecule has 0 bridgehead atoms. The van der Waals surface area contributed by atoms with Gasteiger partial charge in [-0.2, -0.15) is 0 Å². The van der Waals surface area contributed by atoms with Gasteiger partial charge in [0.05, 0.1) is 17.4 Å². The molecule has 1 aliphatic rings. The minimum absolute atomic E-state index is 0.0716. The number of fused-ring (bicyclic) bond motifs is 2. The fraction of sp³-hybridized carbons (Fsp3) is 0.182. The number of H-pyrrole nitrogens is 2. The molecule has 1 fully saturated rings. The van der Waals surface area contributed by atoms with Crippen molar-refractivity contribution in [1.29, 1.82) is 0 Å². The third-order valence-electron chi connectivity index (χ3n) is 5.51. The van der Waals surface area contributed by atoms with Gasteiger partial charge < -0.3 is 19.8 Å². The second-order valence-corrected chi connectivity index (χ2v) is 7.32.